The van der Waals surface area contributed by atoms with Crippen molar-refractivity contribution in [1.82, 2.24) is 25.1 Å². The lowest BCUT2D eigenvalue weighted by molar-refractivity contribution is -0.137. The summed E-state index contributed by atoms with van der Waals surface area (Å²) in [4.78, 5) is 47.4. The fourth-order valence-corrected chi connectivity index (χ4v) is 3.94. The van der Waals surface area contributed by atoms with Crippen LogP contribution < -0.4 is 10.9 Å². The average molecular weight is 383 g/mol. The number of amides is 2. The summed E-state index contributed by atoms with van der Waals surface area (Å²) < 4.78 is 0. The summed E-state index contributed by atoms with van der Waals surface area (Å²) in [5, 5.41) is 2.73. The quantitative estimate of drug-likeness (QED) is 0.790. The van der Waals surface area contributed by atoms with Crippen LogP contribution in [0, 0.1) is 5.92 Å². The molecule has 0 spiro atoms. The van der Waals surface area contributed by atoms with Crippen LogP contribution in [0.3, 0.4) is 0 Å². The molecule has 0 bridgehead atoms. The second-order valence-corrected chi connectivity index (χ2v) is 7.56. The number of H-pyrrole nitrogens is 1. The van der Waals surface area contributed by atoms with Gasteiger partial charge in [0.05, 0.1) is 17.0 Å². The molecule has 8 heteroatoms. The van der Waals surface area contributed by atoms with Crippen molar-refractivity contribution < 1.29 is 9.59 Å². The number of aromatic nitrogens is 2. The van der Waals surface area contributed by atoms with Crippen molar-refractivity contribution >= 4 is 22.8 Å². The maximum atomic E-state index is 12.5. The molecule has 8 nitrogen and oxygen atoms in total. The van der Waals surface area contributed by atoms with Crippen LogP contribution in [0.25, 0.3) is 11.0 Å². The number of hydrogen-bond acceptors (Lipinski definition) is 5. The van der Waals surface area contributed by atoms with E-state index in [1.54, 1.807) is 0 Å². The molecule has 1 atom stereocenters. The topological polar surface area (TPSA) is 98.4 Å². The molecular weight excluding hydrogens is 358 g/mol. The van der Waals surface area contributed by atoms with Crippen LogP contribution in [-0.4, -0.2) is 64.3 Å². The summed E-state index contributed by atoms with van der Waals surface area (Å²) in [6.45, 7) is 6.04. The Labute approximate surface area is 162 Å². The van der Waals surface area contributed by atoms with Gasteiger partial charge in [-0.3, -0.25) is 24.3 Å². The van der Waals surface area contributed by atoms with E-state index >= 15 is 0 Å². The van der Waals surface area contributed by atoms with Gasteiger partial charge in [0.15, 0.2) is 0 Å². The van der Waals surface area contributed by atoms with Gasteiger partial charge >= 0.3 is 0 Å². The molecule has 2 aliphatic rings. The molecule has 1 unspecified atom stereocenters. The molecule has 2 aromatic rings. The minimum Gasteiger partial charge on any atom is -0.355 e. The molecule has 0 radical (unpaired) electrons. The maximum absolute atomic E-state index is 12.5. The predicted octanol–water partition coefficient (Wildman–Crippen LogP) is 0.266. The minimum absolute atomic E-state index is 0.0371. The van der Waals surface area contributed by atoms with Gasteiger partial charge in [-0.15, -0.1) is 0 Å². The smallest absolute Gasteiger partial charge is 0.251 e. The van der Waals surface area contributed by atoms with Crippen LogP contribution in [0.4, 0.5) is 0 Å². The monoisotopic (exact) mass is 383 g/mol. The van der Waals surface area contributed by atoms with Gasteiger partial charge in [-0.1, -0.05) is 6.92 Å². The Balaban J connectivity index is 1.37. The van der Waals surface area contributed by atoms with E-state index in [4.69, 9.17) is 0 Å². The maximum Gasteiger partial charge on any atom is 0.251 e. The van der Waals surface area contributed by atoms with Gasteiger partial charge < -0.3 is 15.2 Å². The van der Waals surface area contributed by atoms with Gasteiger partial charge in [0.1, 0.15) is 0 Å². The molecule has 2 saturated heterocycles. The third-order valence-corrected chi connectivity index (χ3v) is 5.62. The number of rotatable bonds is 4. The summed E-state index contributed by atoms with van der Waals surface area (Å²) in [7, 11) is 0. The van der Waals surface area contributed by atoms with E-state index in [-0.39, 0.29) is 23.3 Å². The van der Waals surface area contributed by atoms with Crippen molar-refractivity contribution in [3.63, 3.8) is 0 Å². The molecule has 0 aromatic carbocycles. The molecule has 28 heavy (non-hydrogen) atoms. The van der Waals surface area contributed by atoms with E-state index in [2.05, 4.69) is 20.2 Å². The van der Waals surface area contributed by atoms with Crippen LogP contribution >= 0.6 is 0 Å². The number of hydrogen-bond donors (Lipinski definition) is 2. The Morgan fingerprint density at radius 3 is 2.68 bits per heavy atom. The number of carbonyl (C=O) groups excluding carboxylic acids is 2. The second kappa shape index (κ2) is 7.71. The van der Waals surface area contributed by atoms with Gasteiger partial charge in [-0.05, 0) is 24.1 Å². The summed E-state index contributed by atoms with van der Waals surface area (Å²) in [5.74, 6) is -0.173. The van der Waals surface area contributed by atoms with E-state index in [1.165, 1.54) is 0 Å². The van der Waals surface area contributed by atoms with E-state index in [0.717, 1.165) is 41.8 Å². The number of fused-ring (bicyclic) bond motifs is 1. The first kappa shape index (κ1) is 18.6. The fourth-order valence-electron chi connectivity index (χ4n) is 3.94. The number of nitrogens with one attached hydrogen (secondary N) is 2. The minimum atomic E-state index is -0.214. The Bertz CT molecular complexity index is 962. The Kier molecular flexibility index (Phi) is 5.13. The molecule has 148 valence electrons. The molecule has 2 aliphatic heterocycles. The highest BCUT2D eigenvalue weighted by Gasteiger charge is 2.32. The van der Waals surface area contributed by atoms with Gasteiger partial charge in [0, 0.05) is 57.4 Å². The van der Waals surface area contributed by atoms with Crippen LogP contribution in [0.5, 0.6) is 0 Å². The highest BCUT2D eigenvalue weighted by Crippen LogP contribution is 2.17. The lowest BCUT2D eigenvalue weighted by Crippen LogP contribution is -2.50. The van der Waals surface area contributed by atoms with Crippen molar-refractivity contribution in [2.24, 2.45) is 5.92 Å². The van der Waals surface area contributed by atoms with Crippen molar-refractivity contribution in [3.05, 3.63) is 39.8 Å². The van der Waals surface area contributed by atoms with Crippen molar-refractivity contribution in [1.29, 1.82) is 0 Å². The summed E-state index contributed by atoms with van der Waals surface area (Å²) >= 11 is 0. The summed E-state index contributed by atoms with van der Waals surface area (Å²) in [5.41, 5.74) is 3.29. The standard InChI is InChI=1S/C20H25N5O3/c1-2-14-8-16-17(23-19(14)27)7-13(10-21-16)12-24-3-5-25(6-4-24)20(28)15-9-18(26)22-11-15/h7-8,10,15H,2-6,9,11-12H2,1H3,(H,22,26)(H,23,27). The normalized spacial score (nSPS) is 20.5. The summed E-state index contributed by atoms with van der Waals surface area (Å²) in [6, 6.07) is 3.83. The van der Waals surface area contributed by atoms with Crippen molar-refractivity contribution in [3.8, 4) is 0 Å². The van der Waals surface area contributed by atoms with Crippen molar-refractivity contribution in [2.45, 2.75) is 26.3 Å². The second-order valence-electron chi connectivity index (χ2n) is 7.56. The molecule has 4 rings (SSSR count). The highest BCUT2D eigenvalue weighted by molar-refractivity contribution is 5.89. The van der Waals surface area contributed by atoms with E-state index < -0.39 is 0 Å². The summed E-state index contributed by atoms with van der Waals surface area (Å²) in [6.07, 6.45) is 2.84. The van der Waals surface area contributed by atoms with E-state index in [9.17, 15) is 14.4 Å². The molecule has 4 heterocycles. The SMILES string of the molecule is CCc1cc2ncc(CN3CCN(C(=O)C4CNC(=O)C4)CC3)cc2[nH]c1=O. The van der Waals surface area contributed by atoms with Gasteiger partial charge in [-0.2, -0.15) is 0 Å². The molecule has 0 saturated carbocycles. The highest BCUT2D eigenvalue weighted by atomic mass is 16.2. The Morgan fingerprint density at radius 1 is 1.21 bits per heavy atom. The first-order valence-electron chi connectivity index (χ1n) is 9.82. The zero-order chi connectivity index (χ0) is 19.7. The lowest BCUT2D eigenvalue weighted by Gasteiger charge is -2.35. The number of piperazine rings is 1. The molecular formula is C20H25N5O3. The van der Waals surface area contributed by atoms with Crippen LogP contribution in [0.1, 0.15) is 24.5 Å². The van der Waals surface area contributed by atoms with Crippen LogP contribution in [0.15, 0.2) is 23.1 Å². The average Bonchev–Trinajstić information content (AvgIpc) is 3.14. The number of aromatic amines is 1. The first-order chi connectivity index (χ1) is 13.5. The fraction of sp³-hybridized carbons (Fsp3) is 0.500. The first-order valence-corrected chi connectivity index (χ1v) is 9.82. The van der Waals surface area contributed by atoms with Gasteiger partial charge in [0.25, 0.3) is 5.56 Å². The van der Waals surface area contributed by atoms with E-state index in [0.29, 0.717) is 32.5 Å². The number of carbonyl (C=O) groups is 2. The van der Waals surface area contributed by atoms with Crippen LogP contribution in [0.2, 0.25) is 0 Å². The lowest BCUT2D eigenvalue weighted by atomic mass is 10.1. The Morgan fingerprint density at radius 2 is 2.00 bits per heavy atom. The molecule has 2 aromatic heterocycles. The third-order valence-electron chi connectivity index (χ3n) is 5.62. The number of nitrogens with zero attached hydrogens (tertiary/aromatic N) is 3. The largest absolute Gasteiger partial charge is 0.355 e. The third kappa shape index (κ3) is 3.77. The zero-order valence-corrected chi connectivity index (χ0v) is 16.0. The zero-order valence-electron chi connectivity index (χ0n) is 16.0. The molecule has 0 aliphatic carbocycles. The molecule has 2 N–H and O–H groups in total. The van der Waals surface area contributed by atoms with Gasteiger partial charge in [-0.25, -0.2) is 0 Å². The van der Waals surface area contributed by atoms with Crippen LogP contribution in [-0.2, 0) is 22.6 Å². The molecule has 2 fully saturated rings. The number of aryl methyl sites for hydroxylation is 1. The van der Waals surface area contributed by atoms with Gasteiger partial charge in [0.2, 0.25) is 11.8 Å². The number of pyridine rings is 2. The predicted molar refractivity (Wildman–Crippen MR) is 105 cm³/mol. The van der Waals surface area contributed by atoms with E-state index in [1.807, 2.05) is 30.2 Å². The van der Waals surface area contributed by atoms with Crippen molar-refractivity contribution in [2.75, 3.05) is 32.7 Å². The molecule has 2 amide bonds. The Hall–Kier alpha value is -2.74.